The number of nitrogens with zero attached hydrogens (tertiary/aromatic N) is 1. The zero-order valence-electron chi connectivity index (χ0n) is 17.3. The summed E-state index contributed by atoms with van der Waals surface area (Å²) in [6.45, 7) is 1.81. The molecule has 1 amide bonds. The summed E-state index contributed by atoms with van der Waals surface area (Å²) in [7, 11) is -3.77. The number of rotatable bonds is 9. The van der Waals surface area contributed by atoms with Gasteiger partial charge in [0.2, 0.25) is 10.0 Å². The molecule has 0 fully saturated rings. The van der Waals surface area contributed by atoms with Gasteiger partial charge in [0.05, 0.1) is 17.7 Å². The molecule has 166 valence electrons. The van der Waals surface area contributed by atoms with Crippen LogP contribution in [0.25, 0.3) is 0 Å². The highest BCUT2D eigenvalue weighted by atomic mass is 35.5. The van der Waals surface area contributed by atoms with Gasteiger partial charge in [0, 0.05) is 5.02 Å². The van der Waals surface area contributed by atoms with Gasteiger partial charge < -0.3 is 4.74 Å². The Morgan fingerprint density at radius 3 is 2.50 bits per heavy atom. The Labute approximate surface area is 192 Å². The zero-order valence-corrected chi connectivity index (χ0v) is 18.9. The summed E-state index contributed by atoms with van der Waals surface area (Å²) in [5.74, 6) is 0.0492. The number of amides is 1. The Morgan fingerprint density at radius 1 is 1.06 bits per heavy atom. The highest BCUT2D eigenvalue weighted by Crippen LogP contribution is 2.16. The highest BCUT2D eigenvalue weighted by Gasteiger charge is 2.14. The van der Waals surface area contributed by atoms with Crippen molar-refractivity contribution in [1.29, 1.82) is 0 Å². The molecule has 32 heavy (non-hydrogen) atoms. The van der Waals surface area contributed by atoms with Crippen LogP contribution in [0.4, 0.5) is 0 Å². The number of sulfonamides is 1. The standard InChI is InChI=1S/C23H22ClN3O4S/c1-17-5-11-22(12-6-17)32(29,30)26-15-23(28)27-25-14-19-3-2-4-21(13-19)31-16-18-7-9-20(24)10-8-18/h2-14,26H,15-16H2,1H3,(H,27,28). The highest BCUT2D eigenvalue weighted by molar-refractivity contribution is 7.89. The van der Waals surface area contributed by atoms with E-state index in [0.29, 0.717) is 22.9 Å². The zero-order chi connectivity index (χ0) is 23.0. The third-order valence-corrected chi connectivity index (χ3v) is 6.00. The van der Waals surface area contributed by atoms with Crippen molar-refractivity contribution < 1.29 is 17.9 Å². The Kier molecular flexibility index (Phi) is 7.99. The molecule has 0 aromatic heterocycles. The molecule has 0 bridgehead atoms. The normalized spacial score (nSPS) is 11.4. The topological polar surface area (TPSA) is 96.9 Å². The molecule has 3 aromatic carbocycles. The summed E-state index contributed by atoms with van der Waals surface area (Å²) in [4.78, 5) is 12.0. The fourth-order valence-corrected chi connectivity index (χ4v) is 3.72. The molecule has 0 radical (unpaired) electrons. The van der Waals surface area contributed by atoms with Gasteiger partial charge in [-0.3, -0.25) is 4.79 Å². The maximum absolute atomic E-state index is 12.2. The van der Waals surface area contributed by atoms with E-state index >= 15 is 0 Å². The van der Waals surface area contributed by atoms with Crippen molar-refractivity contribution in [1.82, 2.24) is 10.1 Å². The lowest BCUT2D eigenvalue weighted by atomic mass is 10.2. The number of benzene rings is 3. The van der Waals surface area contributed by atoms with E-state index in [-0.39, 0.29) is 4.90 Å². The van der Waals surface area contributed by atoms with E-state index in [1.807, 2.05) is 25.1 Å². The van der Waals surface area contributed by atoms with Gasteiger partial charge in [-0.15, -0.1) is 0 Å². The lowest BCUT2D eigenvalue weighted by Gasteiger charge is -2.07. The number of aryl methyl sites for hydroxylation is 1. The van der Waals surface area contributed by atoms with Gasteiger partial charge in [0.1, 0.15) is 12.4 Å². The molecule has 0 aliphatic heterocycles. The van der Waals surface area contributed by atoms with Crippen LogP contribution in [-0.4, -0.2) is 27.1 Å². The number of hydrazone groups is 1. The molecule has 0 aliphatic rings. The Balaban J connectivity index is 1.48. The second-order valence-electron chi connectivity index (χ2n) is 6.92. The largest absolute Gasteiger partial charge is 0.489 e. The molecule has 3 rings (SSSR count). The van der Waals surface area contributed by atoms with E-state index in [1.165, 1.54) is 18.3 Å². The molecular weight excluding hydrogens is 450 g/mol. The van der Waals surface area contributed by atoms with Crippen molar-refractivity contribution in [2.75, 3.05) is 6.54 Å². The minimum absolute atomic E-state index is 0.0924. The van der Waals surface area contributed by atoms with E-state index in [9.17, 15) is 13.2 Å². The summed E-state index contributed by atoms with van der Waals surface area (Å²) < 4.78 is 32.4. The van der Waals surface area contributed by atoms with Gasteiger partial charge in [0.25, 0.3) is 5.91 Å². The average Bonchev–Trinajstić information content (AvgIpc) is 2.78. The average molecular weight is 472 g/mol. The smallest absolute Gasteiger partial charge is 0.255 e. The fourth-order valence-electron chi connectivity index (χ4n) is 2.61. The van der Waals surface area contributed by atoms with Crippen LogP contribution in [-0.2, 0) is 21.4 Å². The van der Waals surface area contributed by atoms with Crippen LogP contribution in [0.1, 0.15) is 16.7 Å². The summed E-state index contributed by atoms with van der Waals surface area (Å²) in [6.07, 6.45) is 1.45. The number of nitrogens with one attached hydrogen (secondary N) is 2. The number of hydrogen-bond donors (Lipinski definition) is 2. The monoisotopic (exact) mass is 471 g/mol. The van der Waals surface area contributed by atoms with E-state index < -0.39 is 22.5 Å². The van der Waals surface area contributed by atoms with Gasteiger partial charge in [0.15, 0.2) is 0 Å². The van der Waals surface area contributed by atoms with Crippen LogP contribution in [0.2, 0.25) is 5.02 Å². The second-order valence-corrected chi connectivity index (χ2v) is 9.12. The minimum atomic E-state index is -3.77. The molecule has 2 N–H and O–H groups in total. The number of carbonyl (C=O) groups is 1. The van der Waals surface area contributed by atoms with Crippen molar-refractivity contribution in [3.05, 3.63) is 94.5 Å². The maximum Gasteiger partial charge on any atom is 0.255 e. The van der Waals surface area contributed by atoms with Gasteiger partial charge in [-0.05, 0) is 54.4 Å². The Bertz CT molecular complexity index is 1190. The van der Waals surface area contributed by atoms with Crippen LogP contribution >= 0.6 is 11.6 Å². The van der Waals surface area contributed by atoms with E-state index in [4.69, 9.17) is 16.3 Å². The molecule has 9 heteroatoms. The maximum atomic E-state index is 12.2. The van der Waals surface area contributed by atoms with Crippen LogP contribution in [0.3, 0.4) is 0 Å². The van der Waals surface area contributed by atoms with E-state index in [2.05, 4.69) is 15.2 Å². The molecule has 0 unspecified atom stereocenters. The van der Waals surface area contributed by atoms with Gasteiger partial charge >= 0.3 is 0 Å². The minimum Gasteiger partial charge on any atom is -0.489 e. The Hall–Kier alpha value is -3.20. The molecule has 0 heterocycles. The molecule has 0 atom stereocenters. The molecule has 0 aliphatic carbocycles. The summed E-state index contributed by atoms with van der Waals surface area (Å²) in [6, 6.07) is 20.9. The Morgan fingerprint density at radius 2 is 1.78 bits per heavy atom. The van der Waals surface area contributed by atoms with Crippen molar-refractivity contribution >= 4 is 33.7 Å². The van der Waals surface area contributed by atoms with Crippen molar-refractivity contribution in [2.45, 2.75) is 18.4 Å². The number of carbonyl (C=O) groups excluding carboxylic acids is 1. The summed E-state index contributed by atoms with van der Waals surface area (Å²) in [5, 5.41) is 4.53. The molecule has 0 spiro atoms. The number of hydrogen-bond acceptors (Lipinski definition) is 5. The fraction of sp³-hybridized carbons (Fsp3) is 0.130. The molecule has 0 saturated heterocycles. The van der Waals surface area contributed by atoms with Gasteiger partial charge in [-0.1, -0.05) is 53.6 Å². The van der Waals surface area contributed by atoms with Crippen molar-refractivity contribution in [3.8, 4) is 5.75 Å². The molecular formula is C23H22ClN3O4S. The van der Waals surface area contributed by atoms with Crippen molar-refractivity contribution in [2.24, 2.45) is 5.10 Å². The summed E-state index contributed by atoms with van der Waals surface area (Å²) >= 11 is 5.88. The van der Waals surface area contributed by atoms with E-state index in [1.54, 1.807) is 42.5 Å². The lowest BCUT2D eigenvalue weighted by Crippen LogP contribution is -2.34. The van der Waals surface area contributed by atoms with Crippen LogP contribution in [0.5, 0.6) is 5.75 Å². The third-order valence-electron chi connectivity index (χ3n) is 4.33. The third kappa shape index (κ3) is 7.19. The predicted octanol–water partition coefficient (Wildman–Crippen LogP) is 3.66. The predicted molar refractivity (Wildman–Crippen MR) is 124 cm³/mol. The first-order chi connectivity index (χ1) is 15.3. The number of ether oxygens (including phenoxy) is 1. The lowest BCUT2D eigenvalue weighted by molar-refractivity contribution is -0.119. The first kappa shape index (κ1) is 23.5. The second kappa shape index (κ2) is 10.9. The first-order valence-corrected chi connectivity index (χ1v) is 11.5. The van der Waals surface area contributed by atoms with Gasteiger partial charge in [-0.25, -0.2) is 18.6 Å². The SMILES string of the molecule is Cc1ccc(S(=O)(=O)NCC(=O)NN=Cc2cccc(OCc3ccc(Cl)cc3)c2)cc1. The quantitative estimate of drug-likeness (QED) is 0.367. The first-order valence-electron chi connectivity index (χ1n) is 9.67. The van der Waals surface area contributed by atoms with Gasteiger partial charge in [-0.2, -0.15) is 5.10 Å². The summed E-state index contributed by atoms with van der Waals surface area (Å²) in [5.41, 5.74) is 4.93. The van der Waals surface area contributed by atoms with Crippen molar-refractivity contribution in [3.63, 3.8) is 0 Å². The van der Waals surface area contributed by atoms with Crippen LogP contribution < -0.4 is 14.9 Å². The molecule has 0 saturated carbocycles. The molecule has 3 aromatic rings. The van der Waals surface area contributed by atoms with Crippen LogP contribution in [0, 0.1) is 6.92 Å². The molecule has 7 nitrogen and oxygen atoms in total. The van der Waals surface area contributed by atoms with Crippen LogP contribution in [0.15, 0.2) is 82.8 Å². The number of halogens is 1. The van der Waals surface area contributed by atoms with E-state index in [0.717, 1.165) is 11.1 Å².